The molecule has 3 nitrogen and oxygen atoms in total. The molecule has 1 aromatic heterocycles. The van der Waals surface area contributed by atoms with Gasteiger partial charge in [0.05, 0.1) is 5.39 Å². The van der Waals surface area contributed by atoms with E-state index in [0.29, 0.717) is 21.8 Å². The van der Waals surface area contributed by atoms with E-state index >= 15 is 0 Å². The standard InChI is InChI=1S/C22H13ClO3/c23-14-10-11-18-17(12-14)19(24)22-21(25-18)16-9-5-4-8-15(16)20(26-22)13-6-2-1-3-7-13/h1-12,20H. The maximum absolute atomic E-state index is 13.1. The van der Waals surface area contributed by atoms with Gasteiger partial charge in [0, 0.05) is 16.1 Å². The quantitative estimate of drug-likeness (QED) is 0.444. The fourth-order valence-corrected chi connectivity index (χ4v) is 3.60. The van der Waals surface area contributed by atoms with Crippen LogP contribution in [0.2, 0.25) is 5.02 Å². The van der Waals surface area contributed by atoms with Crippen molar-refractivity contribution < 1.29 is 9.15 Å². The molecule has 0 spiro atoms. The van der Waals surface area contributed by atoms with Gasteiger partial charge in [-0.15, -0.1) is 0 Å². The van der Waals surface area contributed by atoms with Gasteiger partial charge in [0.25, 0.3) is 0 Å². The van der Waals surface area contributed by atoms with Gasteiger partial charge in [0.1, 0.15) is 11.7 Å². The van der Waals surface area contributed by atoms with Crippen LogP contribution in [-0.2, 0) is 0 Å². The number of halogens is 1. The summed E-state index contributed by atoms with van der Waals surface area (Å²) in [5, 5.41) is 0.906. The summed E-state index contributed by atoms with van der Waals surface area (Å²) in [5.41, 5.74) is 3.12. The Balaban J connectivity index is 1.82. The Kier molecular flexibility index (Phi) is 3.37. The van der Waals surface area contributed by atoms with Gasteiger partial charge in [-0.05, 0) is 23.8 Å². The monoisotopic (exact) mass is 360 g/mol. The van der Waals surface area contributed by atoms with Crippen LogP contribution in [0, 0.1) is 0 Å². The highest BCUT2D eigenvalue weighted by Crippen LogP contribution is 2.44. The third-order valence-corrected chi connectivity index (χ3v) is 4.87. The second-order valence-corrected chi connectivity index (χ2v) is 6.66. The fraction of sp³-hybridized carbons (Fsp3) is 0.0455. The Hall–Kier alpha value is -3.04. The normalized spacial score (nSPS) is 15.2. The molecule has 0 radical (unpaired) electrons. The second-order valence-electron chi connectivity index (χ2n) is 6.23. The lowest BCUT2D eigenvalue weighted by Gasteiger charge is -2.27. The van der Waals surface area contributed by atoms with E-state index in [1.165, 1.54) is 0 Å². The van der Waals surface area contributed by atoms with E-state index in [9.17, 15) is 4.79 Å². The van der Waals surface area contributed by atoms with Crippen molar-refractivity contribution in [2.24, 2.45) is 0 Å². The Bertz CT molecular complexity index is 1200. The highest BCUT2D eigenvalue weighted by atomic mass is 35.5. The summed E-state index contributed by atoms with van der Waals surface area (Å²) in [4.78, 5) is 13.1. The second kappa shape index (κ2) is 5.75. The van der Waals surface area contributed by atoms with E-state index in [2.05, 4.69) is 0 Å². The van der Waals surface area contributed by atoms with Crippen molar-refractivity contribution in [3.8, 4) is 17.1 Å². The molecule has 3 aromatic carbocycles. The van der Waals surface area contributed by atoms with Crippen LogP contribution < -0.4 is 10.2 Å². The fourth-order valence-electron chi connectivity index (χ4n) is 3.42. The summed E-state index contributed by atoms with van der Waals surface area (Å²) >= 11 is 6.06. The van der Waals surface area contributed by atoms with Gasteiger partial charge in [-0.2, -0.15) is 0 Å². The average molecular weight is 361 g/mol. The molecule has 1 unspecified atom stereocenters. The van der Waals surface area contributed by atoms with E-state index < -0.39 is 0 Å². The number of fused-ring (bicyclic) bond motifs is 4. The first kappa shape index (κ1) is 15.2. The Morgan fingerprint density at radius 2 is 1.65 bits per heavy atom. The SMILES string of the molecule is O=c1c2c(oc3ccc(Cl)cc13)-c1ccccc1C(c1ccccc1)O2. The molecule has 0 bridgehead atoms. The molecule has 4 heteroatoms. The molecule has 4 aromatic rings. The summed E-state index contributed by atoms with van der Waals surface area (Å²) in [6.45, 7) is 0. The minimum Gasteiger partial charge on any atom is -0.473 e. The number of benzene rings is 3. The van der Waals surface area contributed by atoms with Gasteiger partial charge < -0.3 is 9.15 Å². The molecule has 5 rings (SSSR count). The van der Waals surface area contributed by atoms with E-state index in [4.69, 9.17) is 20.8 Å². The molecular formula is C22H13ClO3. The summed E-state index contributed by atoms with van der Waals surface area (Å²) in [5.74, 6) is 0.694. The highest BCUT2D eigenvalue weighted by Gasteiger charge is 2.31. The maximum Gasteiger partial charge on any atom is 0.235 e. The summed E-state index contributed by atoms with van der Waals surface area (Å²) in [6.07, 6.45) is -0.362. The largest absolute Gasteiger partial charge is 0.473 e. The van der Waals surface area contributed by atoms with Gasteiger partial charge in [-0.3, -0.25) is 4.79 Å². The van der Waals surface area contributed by atoms with E-state index in [1.807, 2.05) is 54.6 Å². The molecule has 26 heavy (non-hydrogen) atoms. The molecule has 2 heterocycles. The zero-order chi connectivity index (χ0) is 17.7. The van der Waals surface area contributed by atoms with E-state index in [-0.39, 0.29) is 17.3 Å². The number of rotatable bonds is 1. The lowest BCUT2D eigenvalue weighted by molar-refractivity contribution is 0.234. The molecule has 0 fully saturated rings. The van der Waals surface area contributed by atoms with Gasteiger partial charge >= 0.3 is 0 Å². The smallest absolute Gasteiger partial charge is 0.235 e. The third kappa shape index (κ3) is 2.25. The van der Waals surface area contributed by atoms with Crippen molar-refractivity contribution in [2.75, 3.05) is 0 Å². The molecule has 1 atom stereocenters. The van der Waals surface area contributed by atoms with Crippen LogP contribution in [0.25, 0.3) is 22.3 Å². The first-order valence-electron chi connectivity index (χ1n) is 8.29. The van der Waals surface area contributed by atoms with Gasteiger partial charge in [-0.1, -0.05) is 66.2 Å². The first-order chi connectivity index (χ1) is 12.7. The minimum atomic E-state index is -0.362. The molecule has 1 aliphatic rings. The van der Waals surface area contributed by atoms with Crippen LogP contribution in [0.3, 0.4) is 0 Å². The molecule has 0 saturated heterocycles. The number of ether oxygens (including phenoxy) is 1. The molecule has 0 N–H and O–H groups in total. The zero-order valence-electron chi connectivity index (χ0n) is 13.6. The van der Waals surface area contributed by atoms with Gasteiger partial charge in [-0.25, -0.2) is 0 Å². The predicted octanol–water partition coefficient (Wildman–Crippen LogP) is 5.60. The first-order valence-corrected chi connectivity index (χ1v) is 8.67. The Morgan fingerprint density at radius 1 is 0.885 bits per heavy atom. The zero-order valence-corrected chi connectivity index (χ0v) is 14.4. The van der Waals surface area contributed by atoms with Crippen LogP contribution in [-0.4, -0.2) is 0 Å². The lowest BCUT2D eigenvalue weighted by Crippen LogP contribution is -2.20. The maximum atomic E-state index is 13.1. The Labute approximate surface area is 154 Å². The van der Waals surface area contributed by atoms with Crippen molar-refractivity contribution in [1.29, 1.82) is 0 Å². The van der Waals surface area contributed by atoms with Crippen LogP contribution in [0.5, 0.6) is 5.75 Å². The van der Waals surface area contributed by atoms with Crippen molar-refractivity contribution in [3.63, 3.8) is 0 Å². The topological polar surface area (TPSA) is 39.4 Å². The predicted molar refractivity (Wildman–Crippen MR) is 102 cm³/mol. The minimum absolute atomic E-state index is 0.209. The summed E-state index contributed by atoms with van der Waals surface area (Å²) in [7, 11) is 0. The molecule has 126 valence electrons. The molecule has 0 saturated carbocycles. The van der Waals surface area contributed by atoms with Crippen molar-refractivity contribution in [1.82, 2.24) is 0 Å². The molecule has 0 aliphatic carbocycles. The average Bonchev–Trinajstić information content (AvgIpc) is 2.69. The van der Waals surface area contributed by atoms with E-state index in [1.54, 1.807) is 18.2 Å². The lowest BCUT2D eigenvalue weighted by atomic mass is 9.92. The van der Waals surface area contributed by atoms with Crippen molar-refractivity contribution >= 4 is 22.6 Å². The molecular weight excluding hydrogens is 348 g/mol. The van der Waals surface area contributed by atoms with Crippen molar-refractivity contribution in [3.05, 3.63) is 99.2 Å². The third-order valence-electron chi connectivity index (χ3n) is 4.64. The highest BCUT2D eigenvalue weighted by molar-refractivity contribution is 6.31. The molecule has 1 aliphatic heterocycles. The number of hydrogen-bond acceptors (Lipinski definition) is 3. The van der Waals surface area contributed by atoms with Crippen LogP contribution in [0.1, 0.15) is 17.2 Å². The summed E-state index contributed by atoms with van der Waals surface area (Å²) < 4.78 is 12.2. The van der Waals surface area contributed by atoms with Crippen LogP contribution >= 0.6 is 11.6 Å². The Morgan fingerprint density at radius 3 is 2.50 bits per heavy atom. The summed E-state index contributed by atoms with van der Waals surface area (Å²) in [6, 6.07) is 22.7. The molecule has 0 amide bonds. The van der Waals surface area contributed by atoms with Gasteiger partial charge in [0.15, 0.2) is 5.76 Å². The van der Waals surface area contributed by atoms with Crippen molar-refractivity contribution in [2.45, 2.75) is 6.10 Å². The van der Waals surface area contributed by atoms with Gasteiger partial charge in [0.2, 0.25) is 11.2 Å². The van der Waals surface area contributed by atoms with E-state index in [0.717, 1.165) is 16.7 Å². The van der Waals surface area contributed by atoms with Crippen LogP contribution in [0.15, 0.2) is 82.0 Å². The number of hydrogen-bond donors (Lipinski definition) is 0. The van der Waals surface area contributed by atoms with Crippen LogP contribution in [0.4, 0.5) is 0 Å².